The molecule has 2 rings (SSSR count). The molecule has 0 aliphatic carbocycles. The van der Waals surface area contributed by atoms with Gasteiger partial charge in [0.15, 0.2) is 0 Å². The summed E-state index contributed by atoms with van der Waals surface area (Å²) in [5, 5.41) is 7.46. The van der Waals surface area contributed by atoms with Gasteiger partial charge >= 0.3 is 5.35 Å². The molecule has 0 N–H and O–H groups in total. The number of aryl methyl sites for hydroxylation is 1. The van der Waals surface area contributed by atoms with Gasteiger partial charge in [0.2, 0.25) is 5.89 Å². The van der Waals surface area contributed by atoms with E-state index in [0.29, 0.717) is 12.0 Å². The maximum atomic E-state index is 5.48. The van der Waals surface area contributed by atoms with Crippen LogP contribution in [0.5, 0.6) is 0 Å². The summed E-state index contributed by atoms with van der Waals surface area (Å²) in [5.74, 6) is 0.598. The van der Waals surface area contributed by atoms with E-state index in [2.05, 4.69) is 10.2 Å². The van der Waals surface area contributed by atoms with Gasteiger partial charge in [0.25, 0.3) is 0 Å². The Morgan fingerprint density at radius 3 is 3.00 bits per heavy atom. The first-order valence-corrected chi connectivity index (χ1v) is 4.82. The van der Waals surface area contributed by atoms with Crippen LogP contribution < -0.4 is 0 Å². The highest BCUT2D eigenvalue weighted by molar-refractivity contribution is 6.27. The molecular formula is C8H11ClN2O2. The van der Waals surface area contributed by atoms with Crippen molar-refractivity contribution in [1.29, 1.82) is 0 Å². The van der Waals surface area contributed by atoms with E-state index in [0.717, 1.165) is 32.3 Å². The van der Waals surface area contributed by atoms with Gasteiger partial charge in [-0.25, -0.2) is 0 Å². The summed E-state index contributed by atoms with van der Waals surface area (Å²) in [5.41, 5.74) is 0. The monoisotopic (exact) mass is 202 g/mol. The third-order valence-corrected chi connectivity index (χ3v) is 2.30. The molecule has 0 spiro atoms. The van der Waals surface area contributed by atoms with Crippen molar-refractivity contribution in [2.75, 3.05) is 6.61 Å². The number of nitrogens with zero attached hydrogens (tertiary/aromatic N) is 2. The van der Waals surface area contributed by atoms with Crippen LogP contribution in [0.4, 0.5) is 0 Å². The van der Waals surface area contributed by atoms with E-state index in [4.69, 9.17) is 20.8 Å². The molecule has 0 bridgehead atoms. The van der Waals surface area contributed by atoms with Crippen molar-refractivity contribution in [2.24, 2.45) is 0 Å². The van der Waals surface area contributed by atoms with Gasteiger partial charge in [0, 0.05) is 13.0 Å². The van der Waals surface area contributed by atoms with Crippen LogP contribution in [-0.2, 0) is 11.2 Å². The van der Waals surface area contributed by atoms with Crippen LogP contribution >= 0.6 is 11.6 Å². The van der Waals surface area contributed by atoms with Gasteiger partial charge in [-0.3, -0.25) is 0 Å². The molecule has 0 saturated carbocycles. The summed E-state index contributed by atoms with van der Waals surface area (Å²) in [4.78, 5) is 0. The SMILES string of the molecule is Clc1nnc(CCC2CCCO2)o1. The van der Waals surface area contributed by atoms with Crippen LogP contribution in [0.15, 0.2) is 4.42 Å². The largest absolute Gasteiger partial charge is 0.412 e. The second kappa shape index (κ2) is 4.07. The lowest BCUT2D eigenvalue weighted by Crippen LogP contribution is -2.06. The summed E-state index contributed by atoms with van der Waals surface area (Å²) in [6.45, 7) is 0.884. The smallest absolute Gasteiger partial charge is 0.312 e. The Kier molecular flexibility index (Phi) is 2.80. The van der Waals surface area contributed by atoms with Crippen molar-refractivity contribution < 1.29 is 9.15 Å². The van der Waals surface area contributed by atoms with Crippen LogP contribution in [0.2, 0.25) is 5.35 Å². The maximum Gasteiger partial charge on any atom is 0.312 e. The Hall–Kier alpha value is -0.610. The topological polar surface area (TPSA) is 48.2 Å². The fourth-order valence-electron chi connectivity index (χ4n) is 1.49. The number of aromatic nitrogens is 2. The molecule has 13 heavy (non-hydrogen) atoms. The summed E-state index contributed by atoms with van der Waals surface area (Å²) in [6.07, 6.45) is 4.37. The molecule has 1 aliphatic rings. The lowest BCUT2D eigenvalue weighted by Gasteiger charge is -2.05. The van der Waals surface area contributed by atoms with Gasteiger partial charge in [-0.05, 0) is 30.9 Å². The molecule has 0 radical (unpaired) electrons. The molecular weight excluding hydrogens is 192 g/mol. The Balaban J connectivity index is 1.78. The van der Waals surface area contributed by atoms with Gasteiger partial charge in [-0.2, -0.15) is 0 Å². The molecule has 1 unspecified atom stereocenters. The van der Waals surface area contributed by atoms with Crippen molar-refractivity contribution >= 4 is 11.6 Å². The second-order valence-electron chi connectivity index (χ2n) is 3.12. The minimum absolute atomic E-state index is 0.113. The first-order valence-electron chi connectivity index (χ1n) is 4.44. The predicted molar refractivity (Wildman–Crippen MR) is 46.6 cm³/mol. The number of ether oxygens (including phenoxy) is 1. The minimum atomic E-state index is 0.113. The molecule has 1 aromatic heterocycles. The Labute approximate surface area is 81.2 Å². The van der Waals surface area contributed by atoms with Crippen LogP contribution in [0.25, 0.3) is 0 Å². The van der Waals surface area contributed by atoms with Crippen LogP contribution in [-0.4, -0.2) is 22.9 Å². The van der Waals surface area contributed by atoms with E-state index in [1.807, 2.05) is 0 Å². The zero-order chi connectivity index (χ0) is 9.10. The molecule has 1 aliphatic heterocycles. The standard InChI is InChI=1S/C8H11ClN2O2/c9-8-11-10-7(13-8)4-3-6-2-1-5-12-6/h6H,1-5H2. The Bertz CT molecular complexity index is 271. The molecule has 2 heterocycles. The molecule has 4 nitrogen and oxygen atoms in total. The zero-order valence-electron chi connectivity index (χ0n) is 7.20. The average molecular weight is 203 g/mol. The molecule has 72 valence electrons. The molecule has 1 saturated heterocycles. The number of hydrogen-bond donors (Lipinski definition) is 0. The van der Waals surface area contributed by atoms with Crippen molar-refractivity contribution in [1.82, 2.24) is 10.2 Å². The van der Waals surface area contributed by atoms with Crippen molar-refractivity contribution in [3.8, 4) is 0 Å². The summed E-state index contributed by atoms with van der Waals surface area (Å²) < 4.78 is 10.5. The molecule has 0 amide bonds. The first kappa shape index (κ1) is 8.97. The first-order chi connectivity index (χ1) is 6.34. The average Bonchev–Trinajstić information content (AvgIpc) is 2.71. The summed E-state index contributed by atoms with van der Waals surface area (Å²) in [6, 6.07) is 0. The zero-order valence-corrected chi connectivity index (χ0v) is 7.96. The molecule has 1 atom stereocenters. The van der Waals surface area contributed by atoms with E-state index in [-0.39, 0.29) is 5.35 Å². The summed E-state index contributed by atoms with van der Waals surface area (Å²) in [7, 11) is 0. The number of halogens is 1. The van der Waals surface area contributed by atoms with Gasteiger partial charge in [-0.1, -0.05) is 5.10 Å². The van der Waals surface area contributed by atoms with Crippen LogP contribution in [0.3, 0.4) is 0 Å². The normalized spacial score (nSPS) is 22.4. The van der Waals surface area contributed by atoms with Crippen molar-refractivity contribution in [2.45, 2.75) is 31.8 Å². The van der Waals surface area contributed by atoms with Gasteiger partial charge in [0.05, 0.1) is 6.10 Å². The van der Waals surface area contributed by atoms with E-state index < -0.39 is 0 Å². The Morgan fingerprint density at radius 1 is 1.46 bits per heavy atom. The van der Waals surface area contributed by atoms with Crippen LogP contribution in [0, 0.1) is 0 Å². The van der Waals surface area contributed by atoms with Gasteiger partial charge < -0.3 is 9.15 Å². The lowest BCUT2D eigenvalue weighted by atomic mass is 10.1. The second-order valence-corrected chi connectivity index (χ2v) is 3.45. The third-order valence-electron chi connectivity index (χ3n) is 2.15. The van der Waals surface area contributed by atoms with Gasteiger partial charge in [-0.15, -0.1) is 5.10 Å². The van der Waals surface area contributed by atoms with E-state index in [9.17, 15) is 0 Å². The lowest BCUT2D eigenvalue weighted by molar-refractivity contribution is 0.103. The molecule has 1 aromatic rings. The Morgan fingerprint density at radius 2 is 2.38 bits per heavy atom. The molecule has 1 fully saturated rings. The summed E-state index contributed by atoms with van der Waals surface area (Å²) >= 11 is 5.48. The fourth-order valence-corrected chi connectivity index (χ4v) is 1.62. The van der Waals surface area contributed by atoms with Crippen LogP contribution in [0.1, 0.15) is 25.2 Å². The van der Waals surface area contributed by atoms with E-state index >= 15 is 0 Å². The molecule has 5 heteroatoms. The number of hydrogen-bond acceptors (Lipinski definition) is 4. The highest BCUT2D eigenvalue weighted by Gasteiger charge is 2.16. The van der Waals surface area contributed by atoms with Crippen molar-refractivity contribution in [3.05, 3.63) is 11.2 Å². The third kappa shape index (κ3) is 2.42. The molecule has 0 aromatic carbocycles. The van der Waals surface area contributed by atoms with E-state index in [1.165, 1.54) is 0 Å². The quantitative estimate of drug-likeness (QED) is 0.751. The fraction of sp³-hybridized carbons (Fsp3) is 0.750. The van der Waals surface area contributed by atoms with Crippen molar-refractivity contribution in [3.63, 3.8) is 0 Å². The highest BCUT2D eigenvalue weighted by atomic mass is 35.5. The van der Waals surface area contributed by atoms with Gasteiger partial charge in [0.1, 0.15) is 0 Å². The maximum absolute atomic E-state index is 5.48. The predicted octanol–water partition coefficient (Wildman–Crippen LogP) is 1.83. The minimum Gasteiger partial charge on any atom is -0.412 e. The number of rotatable bonds is 3. The highest BCUT2D eigenvalue weighted by Crippen LogP contribution is 2.17. The van der Waals surface area contributed by atoms with E-state index in [1.54, 1.807) is 0 Å².